The molecule has 0 aliphatic carbocycles. The second kappa shape index (κ2) is 11.6. The second-order valence-corrected chi connectivity index (χ2v) is 10.9. The van der Waals surface area contributed by atoms with E-state index >= 15 is 0 Å². The fraction of sp³-hybridized carbons (Fsp3) is 0.207. The predicted octanol–water partition coefficient (Wildman–Crippen LogP) is 7.02. The Morgan fingerprint density at radius 3 is 2.62 bits per heavy atom. The molecular formula is C29H27Br2N5O3. The Balaban J connectivity index is 1.52. The van der Waals surface area contributed by atoms with Gasteiger partial charge in [-0.25, -0.2) is 4.68 Å². The minimum atomic E-state index is -0.551. The van der Waals surface area contributed by atoms with Crippen LogP contribution in [0.15, 0.2) is 87.2 Å². The van der Waals surface area contributed by atoms with Gasteiger partial charge in [0.05, 0.1) is 16.7 Å². The maximum absolute atomic E-state index is 13.7. The Morgan fingerprint density at radius 1 is 1.08 bits per heavy atom. The van der Waals surface area contributed by atoms with Crippen molar-refractivity contribution < 1.29 is 14.3 Å². The van der Waals surface area contributed by atoms with Crippen molar-refractivity contribution in [1.82, 2.24) is 14.8 Å². The number of ether oxygens (including phenoxy) is 2. The number of fused-ring (bicyclic) bond motifs is 1. The molecule has 5 rings (SSSR count). The van der Waals surface area contributed by atoms with Crippen molar-refractivity contribution >= 4 is 49.4 Å². The van der Waals surface area contributed by atoms with E-state index in [1.165, 1.54) is 6.33 Å². The lowest BCUT2D eigenvalue weighted by atomic mass is 9.94. The Kier molecular flexibility index (Phi) is 8.04. The summed E-state index contributed by atoms with van der Waals surface area (Å²) in [5.41, 5.74) is 4.80. The van der Waals surface area contributed by atoms with Crippen LogP contribution in [0.1, 0.15) is 36.6 Å². The van der Waals surface area contributed by atoms with Crippen LogP contribution < -0.4 is 20.1 Å². The van der Waals surface area contributed by atoms with E-state index in [4.69, 9.17) is 9.47 Å². The molecule has 8 nitrogen and oxygen atoms in total. The van der Waals surface area contributed by atoms with Gasteiger partial charge in [0.25, 0.3) is 5.91 Å². The van der Waals surface area contributed by atoms with Gasteiger partial charge in [-0.2, -0.15) is 10.1 Å². The van der Waals surface area contributed by atoms with Gasteiger partial charge in [0.15, 0.2) is 11.5 Å². The number of nitrogens with one attached hydrogen (secondary N) is 2. The zero-order chi connectivity index (χ0) is 27.5. The molecule has 2 N–H and O–H groups in total. The van der Waals surface area contributed by atoms with Gasteiger partial charge in [-0.05, 0) is 89.8 Å². The summed E-state index contributed by atoms with van der Waals surface area (Å²) in [6, 6.07) is 18.9. The first kappa shape index (κ1) is 27.0. The third-order valence-corrected chi connectivity index (χ3v) is 7.38. The molecule has 0 radical (unpaired) electrons. The highest BCUT2D eigenvalue weighted by atomic mass is 79.9. The van der Waals surface area contributed by atoms with Crippen LogP contribution in [0.5, 0.6) is 11.5 Å². The van der Waals surface area contributed by atoms with Gasteiger partial charge in [-0.15, -0.1) is 0 Å². The number of aryl methyl sites for hydroxylation is 1. The highest BCUT2D eigenvalue weighted by Crippen LogP contribution is 2.43. The fourth-order valence-corrected chi connectivity index (χ4v) is 5.34. The van der Waals surface area contributed by atoms with Crippen molar-refractivity contribution in [3.8, 4) is 11.5 Å². The molecule has 0 saturated carbocycles. The van der Waals surface area contributed by atoms with E-state index < -0.39 is 6.04 Å². The number of rotatable bonds is 8. The van der Waals surface area contributed by atoms with Gasteiger partial charge in [-0.3, -0.25) is 4.79 Å². The summed E-state index contributed by atoms with van der Waals surface area (Å²) >= 11 is 7.16. The van der Waals surface area contributed by atoms with Gasteiger partial charge in [0.1, 0.15) is 19.0 Å². The molecule has 10 heteroatoms. The SMILES string of the molecule is CCOc1cc(C2C(C(=O)Nc3cccc(C)c3)=C(C)Nc3ncnn32)cc(Br)c1OCc1ccc(Br)cc1. The lowest BCUT2D eigenvalue weighted by Gasteiger charge is -2.29. The lowest BCUT2D eigenvalue weighted by molar-refractivity contribution is -0.113. The Hall–Kier alpha value is -3.63. The van der Waals surface area contributed by atoms with Crippen LogP contribution in [0.3, 0.4) is 0 Å². The van der Waals surface area contributed by atoms with Crippen molar-refractivity contribution in [1.29, 1.82) is 0 Å². The van der Waals surface area contributed by atoms with Gasteiger partial charge in [0, 0.05) is 15.9 Å². The van der Waals surface area contributed by atoms with E-state index in [9.17, 15) is 4.79 Å². The predicted molar refractivity (Wildman–Crippen MR) is 158 cm³/mol. The largest absolute Gasteiger partial charge is 0.490 e. The molecule has 0 fully saturated rings. The van der Waals surface area contributed by atoms with Crippen molar-refractivity contribution in [2.45, 2.75) is 33.4 Å². The third kappa shape index (κ3) is 5.86. The van der Waals surface area contributed by atoms with Crippen LogP contribution in [0, 0.1) is 6.92 Å². The number of carbonyl (C=O) groups excluding carboxylic acids is 1. The molecular weight excluding hydrogens is 626 g/mol. The minimum absolute atomic E-state index is 0.235. The van der Waals surface area contributed by atoms with E-state index in [0.717, 1.165) is 26.9 Å². The van der Waals surface area contributed by atoms with E-state index in [1.54, 1.807) is 4.68 Å². The van der Waals surface area contributed by atoms with Gasteiger partial charge in [0.2, 0.25) is 5.95 Å². The minimum Gasteiger partial charge on any atom is -0.490 e. The second-order valence-electron chi connectivity index (χ2n) is 9.10. The first-order valence-electron chi connectivity index (χ1n) is 12.4. The number of halogens is 2. The molecule has 4 aromatic rings. The molecule has 1 amide bonds. The summed E-state index contributed by atoms with van der Waals surface area (Å²) in [7, 11) is 0. The number of nitrogens with zero attached hydrogens (tertiary/aromatic N) is 3. The zero-order valence-electron chi connectivity index (χ0n) is 21.7. The summed E-state index contributed by atoms with van der Waals surface area (Å²) in [4.78, 5) is 18.1. The Bertz CT molecular complexity index is 1550. The van der Waals surface area contributed by atoms with Crippen LogP contribution in [0.25, 0.3) is 0 Å². The smallest absolute Gasteiger partial charge is 0.255 e. The number of amides is 1. The van der Waals surface area contributed by atoms with Crippen molar-refractivity contribution in [2.75, 3.05) is 17.2 Å². The van der Waals surface area contributed by atoms with E-state index in [-0.39, 0.29) is 5.91 Å². The molecule has 2 heterocycles. The number of carbonyl (C=O) groups is 1. The molecule has 1 aromatic heterocycles. The first-order chi connectivity index (χ1) is 18.8. The molecule has 200 valence electrons. The molecule has 1 aliphatic heterocycles. The number of aromatic nitrogens is 3. The summed E-state index contributed by atoms with van der Waals surface area (Å²) in [6.45, 7) is 6.59. The Morgan fingerprint density at radius 2 is 1.87 bits per heavy atom. The maximum Gasteiger partial charge on any atom is 0.255 e. The highest BCUT2D eigenvalue weighted by molar-refractivity contribution is 9.10. The molecule has 1 atom stereocenters. The average molecular weight is 653 g/mol. The van der Waals surface area contributed by atoms with E-state index in [2.05, 4.69) is 52.6 Å². The van der Waals surface area contributed by atoms with Crippen LogP contribution in [-0.4, -0.2) is 27.3 Å². The first-order valence-corrected chi connectivity index (χ1v) is 14.0. The van der Waals surface area contributed by atoms with Gasteiger partial charge in [-0.1, -0.05) is 40.2 Å². The van der Waals surface area contributed by atoms with Gasteiger partial charge < -0.3 is 20.1 Å². The van der Waals surface area contributed by atoms with Gasteiger partial charge >= 0.3 is 0 Å². The summed E-state index contributed by atoms with van der Waals surface area (Å²) < 4.78 is 15.6. The number of allylic oxidation sites excluding steroid dienone is 1. The molecule has 39 heavy (non-hydrogen) atoms. The molecule has 0 spiro atoms. The normalized spacial score (nSPS) is 14.4. The molecule has 1 aliphatic rings. The average Bonchev–Trinajstić information content (AvgIpc) is 3.36. The monoisotopic (exact) mass is 651 g/mol. The number of anilines is 2. The quantitative estimate of drug-likeness (QED) is 0.213. The fourth-order valence-electron chi connectivity index (χ4n) is 4.50. The Labute approximate surface area is 243 Å². The third-order valence-electron chi connectivity index (χ3n) is 6.26. The number of hydrogen-bond donors (Lipinski definition) is 2. The summed E-state index contributed by atoms with van der Waals surface area (Å²) in [6.07, 6.45) is 1.47. The number of hydrogen-bond acceptors (Lipinski definition) is 6. The molecule has 3 aromatic carbocycles. The highest BCUT2D eigenvalue weighted by Gasteiger charge is 2.34. The summed E-state index contributed by atoms with van der Waals surface area (Å²) in [5, 5.41) is 10.7. The maximum atomic E-state index is 13.7. The topological polar surface area (TPSA) is 90.3 Å². The number of benzene rings is 3. The molecule has 0 saturated heterocycles. The lowest BCUT2D eigenvalue weighted by Crippen LogP contribution is -2.31. The standard InChI is InChI=1S/C29H27Br2N5O3/c1-4-38-24-14-20(13-23(31)27(24)39-15-19-8-10-21(30)11-9-19)26-25(18(3)34-29-32-16-33-36(26)29)28(37)35-22-7-5-6-17(2)12-22/h5-14,16,26H,4,15H2,1-3H3,(H,35,37)(H,32,33,34). The van der Waals surface area contributed by atoms with E-state index in [0.29, 0.717) is 46.4 Å². The van der Waals surface area contributed by atoms with Crippen molar-refractivity contribution in [3.05, 3.63) is 104 Å². The van der Waals surface area contributed by atoms with Crippen LogP contribution in [-0.2, 0) is 11.4 Å². The molecule has 1 unspecified atom stereocenters. The zero-order valence-corrected chi connectivity index (χ0v) is 24.8. The van der Waals surface area contributed by atoms with Crippen LogP contribution in [0.2, 0.25) is 0 Å². The summed E-state index contributed by atoms with van der Waals surface area (Å²) in [5.74, 6) is 1.47. The van der Waals surface area contributed by atoms with Crippen molar-refractivity contribution in [3.63, 3.8) is 0 Å². The molecule has 0 bridgehead atoms. The van der Waals surface area contributed by atoms with Crippen LogP contribution >= 0.6 is 31.9 Å². The van der Waals surface area contributed by atoms with E-state index in [1.807, 2.05) is 81.4 Å². The van der Waals surface area contributed by atoms with Crippen LogP contribution in [0.4, 0.5) is 11.6 Å². The van der Waals surface area contributed by atoms with Crippen molar-refractivity contribution in [2.24, 2.45) is 0 Å².